The number of anilines is 1. The van der Waals surface area contributed by atoms with Crippen LogP contribution in [0, 0.1) is 0 Å². The Kier molecular flexibility index (Phi) is 5.26. The first-order valence-electron chi connectivity index (χ1n) is 6.08. The maximum Gasteiger partial charge on any atom is 0.133 e. The van der Waals surface area contributed by atoms with Crippen LogP contribution in [-0.2, 0) is 0 Å². The van der Waals surface area contributed by atoms with Gasteiger partial charge in [-0.2, -0.15) is 0 Å². The lowest BCUT2D eigenvalue weighted by Gasteiger charge is -2.22. The third-order valence-corrected chi connectivity index (χ3v) is 2.77. The molecule has 0 aliphatic carbocycles. The fourth-order valence-corrected chi connectivity index (χ4v) is 1.79. The summed E-state index contributed by atoms with van der Waals surface area (Å²) in [7, 11) is 2.09. The Morgan fingerprint density at radius 2 is 2.19 bits per heavy atom. The van der Waals surface area contributed by atoms with Gasteiger partial charge in [-0.3, -0.25) is 0 Å². The van der Waals surface area contributed by atoms with Crippen molar-refractivity contribution >= 4 is 5.82 Å². The number of nitrogens with two attached hydrogens (primary N) is 1. The number of hydrogen-bond donors (Lipinski definition) is 1. The quantitative estimate of drug-likeness (QED) is 0.751. The zero-order valence-corrected chi connectivity index (χ0v) is 10.6. The summed E-state index contributed by atoms with van der Waals surface area (Å²) in [5.41, 5.74) is 7.07. The van der Waals surface area contributed by atoms with Crippen LogP contribution in [0.2, 0.25) is 0 Å². The first-order valence-corrected chi connectivity index (χ1v) is 6.08. The number of rotatable bonds is 6. The number of pyridine rings is 1. The van der Waals surface area contributed by atoms with Gasteiger partial charge in [0.05, 0.1) is 0 Å². The Hall–Kier alpha value is -1.09. The highest BCUT2D eigenvalue weighted by Crippen LogP contribution is 2.21. The second-order valence-corrected chi connectivity index (χ2v) is 4.33. The maximum atomic E-state index is 5.94. The van der Waals surface area contributed by atoms with E-state index in [2.05, 4.69) is 29.9 Å². The van der Waals surface area contributed by atoms with Crippen LogP contribution < -0.4 is 10.6 Å². The number of hydrogen-bond acceptors (Lipinski definition) is 3. The van der Waals surface area contributed by atoms with Gasteiger partial charge in [-0.25, -0.2) is 4.98 Å². The van der Waals surface area contributed by atoms with E-state index in [1.54, 1.807) is 0 Å². The van der Waals surface area contributed by atoms with Gasteiger partial charge in [-0.1, -0.05) is 25.8 Å². The highest BCUT2D eigenvalue weighted by atomic mass is 15.2. The summed E-state index contributed by atoms with van der Waals surface area (Å²) in [6, 6.07) is 4.04. The van der Waals surface area contributed by atoms with Crippen LogP contribution in [0.15, 0.2) is 18.3 Å². The molecule has 1 aromatic heterocycles. The number of aromatic nitrogens is 1. The van der Waals surface area contributed by atoms with Gasteiger partial charge in [0, 0.05) is 31.4 Å². The van der Waals surface area contributed by atoms with Crippen molar-refractivity contribution in [1.29, 1.82) is 0 Å². The third kappa shape index (κ3) is 3.49. The molecule has 0 spiro atoms. The Labute approximate surface area is 98.7 Å². The van der Waals surface area contributed by atoms with Crippen molar-refractivity contribution in [1.82, 2.24) is 4.98 Å². The minimum absolute atomic E-state index is 0.0392. The van der Waals surface area contributed by atoms with Crippen LogP contribution in [0.25, 0.3) is 0 Å². The molecule has 0 bridgehead atoms. The molecule has 0 radical (unpaired) electrons. The number of nitrogens with zero attached hydrogens (tertiary/aromatic N) is 2. The van der Waals surface area contributed by atoms with Gasteiger partial charge in [-0.05, 0) is 19.4 Å². The monoisotopic (exact) mass is 221 g/mol. The SMILES string of the molecule is CCCCCN(C)c1ncccc1C(C)N. The van der Waals surface area contributed by atoms with E-state index in [1.807, 2.05) is 19.2 Å². The molecule has 3 nitrogen and oxygen atoms in total. The topological polar surface area (TPSA) is 42.2 Å². The van der Waals surface area contributed by atoms with Gasteiger partial charge in [0.25, 0.3) is 0 Å². The van der Waals surface area contributed by atoms with Gasteiger partial charge in [-0.15, -0.1) is 0 Å². The first kappa shape index (κ1) is 13.0. The summed E-state index contributed by atoms with van der Waals surface area (Å²) >= 11 is 0. The van der Waals surface area contributed by atoms with Crippen LogP contribution in [0.5, 0.6) is 0 Å². The molecule has 0 aliphatic rings. The van der Waals surface area contributed by atoms with Crippen LogP contribution in [0.3, 0.4) is 0 Å². The summed E-state index contributed by atoms with van der Waals surface area (Å²) in [5.74, 6) is 1.02. The molecule has 16 heavy (non-hydrogen) atoms. The van der Waals surface area contributed by atoms with E-state index in [-0.39, 0.29) is 6.04 Å². The molecule has 2 N–H and O–H groups in total. The van der Waals surface area contributed by atoms with E-state index < -0.39 is 0 Å². The standard InChI is InChI=1S/C13H23N3/c1-4-5-6-10-16(3)13-12(11(2)14)8-7-9-15-13/h7-9,11H,4-6,10,14H2,1-3H3. The van der Waals surface area contributed by atoms with Crippen molar-refractivity contribution in [2.24, 2.45) is 5.73 Å². The van der Waals surface area contributed by atoms with E-state index in [1.165, 1.54) is 19.3 Å². The molecule has 0 fully saturated rings. The van der Waals surface area contributed by atoms with Crippen molar-refractivity contribution in [3.05, 3.63) is 23.9 Å². The molecule has 90 valence electrons. The average Bonchev–Trinajstić information content (AvgIpc) is 2.29. The lowest BCUT2D eigenvalue weighted by molar-refractivity contribution is 0.695. The fraction of sp³-hybridized carbons (Fsp3) is 0.615. The van der Waals surface area contributed by atoms with Crippen molar-refractivity contribution in [3.8, 4) is 0 Å². The lowest BCUT2D eigenvalue weighted by Crippen LogP contribution is -2.23. The van der Waals surface area contributed by atoms with Gasteiger partial charge in [0.15, 0.2) is 0 Å². The Balaban J connectivity index is 2.70. The van der Waals surface area contributed by atoms with Gasteiger partial charge in [0.2, 0.25) is 0 Å². The highest BCUT2D eigenvalue weighted by molar-refractivity contribution is 5.47. The minimum atomic E-state index is 0.0392. The van der Waals surface area contributed by atoms with Crippen LogP contribution >= 0.6 is 0 Å². The van der Waals surface area contributed by atoms with E-state index in [0.717, 1.165) is 17.9 Å². The second kappa shape index (κ2) is 6.48. The predicted molar refractivity (Wildman–Crippen MR) is 69.6 cm³/mol. The molecule has 1 unspecified atom stereocenters. The molecule has 0 saturated carbocycles. The zero-order chi connectivity index (χ0) is 12.0. The van der Waals surface area contributed by atoms with Crippen LogP contribution in [0.1, 0.15) is 44.7 Å². The highest BCUT2D eigenvalue weighted by Gasteiger charge is 2.10. The van der Waals surface area contributed by atoms with Crippen molar-refractivity contribution in [3.63, 3.8) is 0 Å². The Bertz CT molecular complexity index is 310. The van der Waals surface area contributed by atoms with E-state index in [4.69, 9.17) is 5.73 Å². The van der Waals surface area contributed by atoms with Gasteiger partial charge < -0.3 is 10.6 Å². The largest absolute Gasteiger partial charge is 0.359 e. The van der Waals surface area contributed by atoms with E-state index in [9.17, 15) is 0 Å². The molecule has 0 amide bonds. The third-order valence-electron chi connectivity index (χ3n) is 2.77. The molecular weight excluding hydrogens is 198 g/mol. The van der Waals surface area contributed by atoms with Crippen molar-refractivity contribution in [2.75, 3.05) is 18.5 Å². The molecule has 0 aliphatic heterocycles. The van der Waals surface area contributed by atoms with E-state index >= 15 is 0 Å². The van der Waals surface area contributed by atoms with E-state index in [0.29, 0.717) is 0 Å². The summed E-state index contributed by atoms with van der Waals surface area (Å²) in [6.07, 6.45) is 5.56. The van der Waals surface area contributed by atoms with Crippen molar-refractivity contribution < 1.29 is 0 Å². The van der Waals surface area contributed by atoms with Crippen LogP contribution in [-0.4, -0.2) is 18.6 Å². The lowest BCUT2D eigenvalue weighted by atomic mass is 10.1. The first-order chi connectivity index (χ1) is 7.66. The maximum absolute atomic E-state index is 5.94. The van der Waals surface area contributed by atoms with Gasteiger partial charge >= 0.3 is 0 Å². The Morgan fingerprint density at radius 3 is 2.81 bits per heavy atom. The minimum Gasteiger partial charge on any atom is -0.359 e. The van der Waals surface area contributed by atoms with Crippen LogP contribution in [0.4, 0.5) is 5.82 Å². The molecule has 3 heteroatoms. The smallest absolute Gasteiger partial charge is 0.133 e. The zero-order valence-electron chi connectivity index (χ0n) is 10.6. The molecular formula is C13H23N3. The summed E-state index contributed by atoms with van der Waals surface area (Å²) in [5, 5.41) is 0. The molecule has 1 aromatic rings. The van der Waals surface area contributed by atoms with Gasteiger partial charge in [0.1, 0.15) is 5.82 Å². The summed E-state index contributed by atoms with van der Waals surface area (Å²) in [6.45, 7) is 5.26. The normalized spacial score (nSPS) is 12.5. The molecule has 1 atom stereocenters. The number of unbranched alkanes of at least 4 members (excludes halogenated alkanes) is 2. The molecule has 1 heterocycles. The second-order valence-electron chi connectivity index (χ2n) is 4.33. The molecule has 1 rings (SSSR count). The summed E-state index contributed by atoms with van der Waals surface area (Å²) < 4.78 is 0. The summed E-state index contributed by atoms with van der Waals surface area (Å²) in [4.78, 5) is 6.63. The molecule has 0 saturated heterocycles. The Morgan fingerprint density at radius 1 is 1.44 bits per heavy atom. The fourth-order valence-electron chi connectivity index (χ4n) is 1.79. The van der Waals surface area contributed by atoms with Crippen molar-refractivity contribution in [2.45, 2.75) is 39.2 Å². The average molecular weight is 221 g/mol. The predicted octanol–water partition coefficient (Wildman–Crippen LogP) is 2.73. The molecule has 0 aromatic carbocycles.